The molecule has 158 valence electrons. The number of ether oxygens (including phenoxy) is 1. The maximum atomic E-state index is 12.7. The molecule has 0 saturated heterocycles. The Kier molecular flexibility index (Phi) is 6.04. The van der Waals surface area contributed by atoms with Gasteiger partial charge < -0.3 is 20.1 Å². The predicted octanol–water partition coefficient (Wildman–Crippen LogP) is 4.58. The summed E-state index contributed by atoms with van der Waals surface area (Å²) in [6.07, 6.45) is 5.74. The van der Waals surface area contributed by atoms with Gasteiger partial charge >= 0.3 is 0 Å². The normalized spacial score (nSPS) is 15.7. The summed E-state index contributed by atoms with van der Waals surface area (Å²) in [5, 5.41) is 30.5. The fourth-order valence-electron chi connectivity index (χ4n) is 3.32. The molecule has 1 aliphatic heterocycles. The number of carbonyl (C=O) groups is 1. The zero-order valence-corrected chi connectivity index (χ0v) is 17.8. The second kappa shape index (κ2) is 8.36. The standard InChI is InChI=1S/C25H28O5/c1-15(2)5-8-17-11-16(6-9-20(17)26)7-10-21(27)19-12-18-13-24(25(3,4)29)30-23(18)14-22(19)28/h5-7,9-12,14,24,26,28-29H,8,13H2,1-4H3/t24-/m0/s1. The predicted molar refractivity (Wildman–Crippen MR) is 117 cm³/mol. The van der Waals surface area contributed by atoms with E-state index in [4.69, 9.17) is 4.74 Å². The van der Waals surface area contributed by atoms with Crippen molar-refractivity contribution in [2.24, 2.45) is 0 Å². The first kappa shape index (κ1) is 21.7. The number of aliphatic hydroxyl groups is 1. The summed E-state index contributed by atoms with van der Waals surface area (Å²) in [7, 11) is 0. The van der Waals surface area contributed by atoms with Gasteiger partial charge in [0.1, 0.15) is 23.4 Å². The molecule has 0 radical (unpaired) electrons. The maximum absolute atomic E-state index is 12.7. The van der Waals surface area contributed by atoms with Crippen LogP contribution in [0.25, 0.3) is 6.08 Å². The zero-order valence-electron chi connectivity index (χ0n) is 17.8. The van der Waals surface area contributed by atoms with E-state index < -0.39 is 11.7 Å². The van der Waals surface area contributed by atoms with Gasteiger partial charge in [-0.25, -0.2) is 0 Å². The molecule has 0 spiro atoms. The van der Waals surface area contributed by atoms with Crippen LogP contribution >= 0.6 is 0 Å². The Morgan fingerprint density at radius 1 is 1.17 bits per heavy atom. The van der Waals surface area contributed by atoms with Crippen molar-refractivity contribution in [3.63, 3.8) is 0 Å². The third-order valence-corrected chi connectivity index (χ3v) is 5.17. The van der Waals surface area contributed by atoms with Crippen LogP contribution < -0.4 is 4.74 Å². The Labute approximate surface area is 177 Å². The summed E-state index contributed by atoms with van der Waals surface area (Å²) >= 11 is 0. The Morgan fingerprint density at radius 2 is 1.90 bits per heavy atom. The number of fused-ring (bicyclic) bond motifs is 1. The number of rotatable bonds is 6. The molecule has 0 amide bonds. The molecule has 0 fully saturated rings. The molecule has 3 N–H and O–H groups in total. The molecule has 5 heteroatoms. The van der Waals surface area contributed by atoms with Crippen LogP contribution in [-0.4, -0.2) is 32.8 Å². The van der Waals surface area contributed by atoms with Crippen LogP contribution in [0.2, 0.25) is 0 Å². The molecule has 2 aromatic carbocycles. The number of phenolic OH excluding ortho intramolecular Hbond substituents is 2. The van der Waals surface area contributed by atoms with Crippen molar-refractivity contribution < 1.29 is 24.9 Å². The topological polar surface area (TPSA) is 87.0 Å². The third-order valence-electron chi connectivity index (χ3n) is 5.17. The minimum atomic E-state index is -1.03. The summed E-state index contributed by atoms with van der Waals surface area (Å²) in [4.78, 5) is 12.7. The first-order chi connectivity index (χ1) is 14.0. The largest absolute Gasteiger partial charge is 0.508 e. The molecule has 30 heavy (non-hydrogen) atoms. The first-order valence-corrected chi connectivity index (χ1v) is 9.97. The molecular formula is C25H28O5. The minimum absolute atomic E-state index is 0.158. The van der Waals surface area contributed by atoms with E-state index in [-0.39, 0.29) is 22.8 Å². The summed E-state index contributed by atoms with van der Waals surface area (Å²) < 4.78 is 5.71. The quantitative estimate of drug-likeness (QED) is 0.370. The van der Waals surface area contributed by atoms with Gasteiger partial charge in [-0.3, -0.25) is 4.79 Å². The highest BCUT2D eigenvalue weighted by Gasteiger charge is 2.35. The second-order valence-corrected chi connectivity index (χ2v) is 8.51. The van der Waals surface area contributed by atoms with Gasteiger partial charge in [0, 0.05) is 12.5 Å². The molecule has 1 aliphatic rings. The first-order valence-electron chi connectivity index (χ1n) is 9.97. The Morgan fingerprint density at radius 3 is 2.57 bits per heavy atom. The van der Waals surface area contributed by atoms with Crippen molar-refractivity contribution in [1.82, 2.24) is 0 Å². The number of hydrogen-bond donors (Lipinski definition) is 3. The smallest absolute Gasteiger partial charge is 0.189 e. The van der Waals surface area contributed by atoms with Gasteiger partial charge in [0.25, 0.3) is 0 Å². The number of allylic oxidation sites excluding steroid dienone is 3. The van der Waals surface area contributed by atoms with Gasteiger partial charge in [-0.1, -0.05) is 23.8 Å². The van der Waals surface area contributed by atoms with Crippen LogP contribution in [0.5, 0.6) is 17.2 Å². The molecule has 3 rings (SSSR count). The van der Waals surface area contributed by atoms with Crippen molar-refractivity contribution in [3.8, 4) is 17.2 Å². The van der Waals surface area contributed by atoms with Gasteiger partial charge in [0.15, 0.2) is 5.78 Å². The third kappa shape index (κ3) is 4.92. The van der Waals surface area contributed by atoms with E-state index in [1.807, 2.05) is 26.0 Å². The number of carbonyl (C=O) groups excluding carboxylic acids is 1. The number of ketones is 1. The second-order valence-electron chi connectivity index (χ2n) is 8.51. The summed E-state index contributed by atoms with van der Waals surface area (Å²) in [6.45, 7) is 7.33. The highest BCUT2D eigenvalue weighted by atomic mass is 16.5. The Hall–Kier alpha value is -3.05. The Bertz CT molecular complexity index is 1020. The lowest BCUT2D eigenvalue weighted by atomic mass is 9.96. The highest BCUT2D eigenvalue weighted by molar-refractivity contribution is 6.08. The van der Waals surface area contributed by atoms with Gasteiger partial charge in [-0.15, -0.1) is 0 Å². The van der Waals surface area contributed by atoms with E-state index >= 15 is 0 Å². The van der Waals surface area contributed by atoms with Gasteiger partial charge in [0.05, 0.1) is 11.2 Å². The molecule has 0 saturated carbocycles. The van der Waals surface area contributed by atoms with Crippen molar-refractivity contribution in [1.29, 1.82) is 0 Å². The fraction of sp³-hybridized carbons (Fsp3) is 0.320. The molecule has 0 aromatic heterocycles. The molecule has 2 aromatic rings. The van der Waals surface area contributed by atoms with Crippen molar-refractivity contribution in [2.45, 2.75) is 52.2 Å². The van der Waals surface area contributed by atoms with Crippen LogP contribution in [0.1, 0.15) is 54.7 Å². The van der Waals surface area contributed by atoms with E-state index in [0.29, 0.717) is 18.6 Å². The monoisotopic (exact) mass is 408 g/mol. The molecule has 0 unspecified atom stereocenters. The van der Waals surface area contributed by atoms with E-state index in [1.165, 1.54) is 12.1 Å². The molecule has 0 bridgehead atoms. The van der Waals surface area contributed by atoms with Crippen LogP contribution in [0.15, 0.2) is 48.1 Å². The van der Waals surface area contributed by atoms with Crippen LogP contribution in [0, 0.1) is 0 Å². The highest BCUT2D eigenvalue weighted by Crippen LogP contribution is 2.37. The lowest BCUT2D eigenvalue weighted by Gasteiger charge is -2.24. The van der Waals surface area contributed by atoms with Crippen molar-refractivity contribution in [3.05, 3.63) is 70.3 Å². The van der Waals surface area contributed by atoms with Gasteiger partial charge in [-0.2, -0.15) is 0 Å². The molecule has 1 heterocycles. The van der Waals surface area contributed by atoms with Gasteiger partial charge in [0.2, 0.25) is 0 Å². The summed E-state index contributed by atoms with van der Waals surface area (Å²) in [5.74, 6) is 0.215. The number of benzene rings is 2. The maximum Gasteiger partial charge on any atom is 0.189 e. The van der Waals surface area contributed by atoms with E-state index in [9.17, 15) is 20.1 Å². The van der Waals surface area contributed by atoms with Crippen LogP contribution in [0.3, 0.4) is 0 Å². The zero-order chi connectivity index (χ0) is 22.1. The number of aromatic hydroxyl groups is 2. The lowest BCUT2D eigenvalue weighted by Crippen LogP contribution is -2.39. The van der Waals surface area contributed by atoms with Crippen LogP contribution in [0.4, 0.5) is 0 Å². The molecule has 5 nitrogen and oxygen atoms in total. The van der Waals surface area contributed by atoms with Crippen molar-refractivity contribution in [2.75, 3.05) is 0 Å². The van der Waals surface area contributed by atoms with E-state index in [2.05, 4.69) is 0 Å². The van der Waals surface area contributed by atoms with Crippen LogP contribution in [-0.2, 0) is 12.8 Å². The van der Waals surface area contributed by atoms with Gasteiger partial charge in [-0.05, 0) is 75.1 Å². The van der Waals surface area contributed by atoms with Crippen molar-refractivity contribution >= 4 is 11.9 Å². The number of hydrogen-bond acceptors (Lipinski definition) is 5. The SMILES string of the molecule is CC(C)=CCc1cc(C=CC(=O)c2cc3c(cc2O)O[C@H](C(C)(C)O)C3)ccc1O. The Balaban J connectivity index is 1.80. The fourth-order valence-corrected chi connectivity index (χ4v) is 3.32. The molecular weight excluding hydrogens is 380 g/mol. The molecule has 0 aliphatic carbocycles. The summed E-state index contributed by atoms with van der Waals surface area (Å²) in [5.41, 5.74) is 2.67. The lowest BCUT2D eigenvalue weighted by molar-refractivity contribution is -0.0230. The minimum Gasteiger partial charge on any atom is -0.508 e. The molecule has 1 atom stereocenters. The average molecular weight is 408 g/mol. The average Bonchev–Trinajstić information content (AvgIpc) is 3.08. The van der Waals surface area contributed by atoms with E-state index in [1.54, 1.807) is 38.1 Å². The summed E-state index contributed by atoms with van der Waals surface area (Å²) in [6, 6.07) is 8.23. The number of phenols is 2. The van der Waals surface area contributed by atoms with E-state index in [0.717, 1.165) is 22.3 Å².